The fraction of sp³-hybridized carbons (Fsp3) is 0.364. The number of hydrogen-bond donors (Lipinski definition) is 1. The molecule has 0 bridgehead atoms. The Balaban J connectivity index is 2.39. The normalized spacial score (nSPS) is 12.2. The van der Waals surface area contributed by atoms with E-state index in [2.05, 4.69) is 5.32 Å². The molecule has 1 N–H and O–H groups in total. The molecule has 31 heavy (non-hydrogen) atoms. The maximum absolute atomic E-state index is 13.1. The molecular formula is C22H27ClN2O5S. The van der Waals surface area contributed by atoms with Crippen LogP contribution in [0.4, 0.5) is 11.4 Å². The number of ether oxygens (including phenoxy) is 1. The van der Waals surface area contributed by atoms with Crippen LogP contribution in [0.5, 0.6) is 0 Å². The van der Waals surface area contributed by atoms with Crippen LogP contribution in [-0.2, 0) is 19.6 Å². The van der Waals surface area contributed by atoms with Crippen molar-refractivity contribution >= 4 is 44.9 Å². The van der Waals surface area contributed by atoms with Gasteiger partial charge < -0.3 is 10.1 Å². The first kappa shape index (κ1) is 24.7. The van der Waals surface area contributed by atoms with E-state index in [0.29, 0.717) is 11.4 Å². The first-order valence-corrected chi connectivity index (χ1v) is 12.1. The van der Waals surface area contributed by atoms with Gasteiger partial charge in [-0.3, -0.25) is 9.10 Å². The second kappa shape index (κ2) is 10.2. The van der Waals surface area contributed by atoms with Crippen molar-refractivity contribution in [3.63, 3.8) is 0 Å². The van der Waals surface area contributed by atoms with Crippen molar-refractivity contribution in [1.29, 1.82) is 0 Å². The third-order valence-electron chi connectivity index (χ3n) is 4.80. The van der Waals surface area contributed by atoms with Crippen LogP contribution in [0.15, 0.2) is 36.4 Å². The van der Waals surface area contributed by atoms with Crippen molar-refractivity contribution in [2.45, 2.75) is 40.2 Å². The molecule has 168 valence electrons. The van der Waals surface area contributed by atoms with E-state index in [0.717, 1.165) is 21.7 Å². The predicted molar refractivity (Wildman–Crippen MR) is 123 cm³/mol. The highest BCUT2D eigenvalue weighted by atomic mass is 35.5. The number of anilines is 2. The highest BCUT2D eigenvalue weighted by Crippen LogP contribution is 2.27. The summed E-state index contributed by atoms with van der Waals surface area (Å²) >= 11 is 6.07. The minimum absolute atomic E-state index is 0.114. The Morgan fingerprint density at radius 3 is 2.32 bits per heavy atom. The van der Waals surface area contributed by atoms with Crippen molar-refractivity contribution in [2.75, 3.05) is 22.5 Å². The molecule has 2 aromatic rings. The van der Waals surface area contributed by atoms with Gasteiger partial charge in [0.25, 0.3) is 0 Å². The Labute approximate surface area is 188 Å². The second-order valence-electron chi connectivity index (χ2n) is 7.16. The molecule has 0 saturated carbocycles. The molecule has 9 heteroatoms. The fourth-order valence-corrected chi connectivity index (χ4v) is 4.52. The number of halogens is 1. The summed E-state index contributed by atoms with van der Waals surface area (Å²) in [5.74, 6) is -1.13. The maximum Gasteiger partial charge on any atom is 0.339 e. The van der Waals surface area contributed by atoms with E-state index in [1.54, 1.807) is 26.0 Å². The number of carbonyl (C=O) groups excluding carboxylic acids is 2. The summed E-state index contributed by atoms with van der Waals surface area (Å²) in [5.41, 5.74) is 2.77. The molecule has 1 amide bonds. The van der Waals surface area contributed by atoms with Crippen LogP contribution in [0, 0.1) is 13.8 Å². The average Bonchev–Trinajstić information content (AvgIpc) is 2.68. The molecule has 7 nitrogen and oxygen atoms in total. The third-order valence-corrected chi connectivity index (χ3v) is 6.31. The van der Waals surface area contributed by atoms with Crippen molar-refractivity contribution < 1.29 is 22.7 Å². The average molecular weight is 467 g/mol. The molecule has 2 aromatic carbocycles. The Morgan fingerprint density at radius 1 is 1.10 bits per heavy atom. The van der Waals surface area contributed by atoms with Crippen LogP contribution >= 0.6 is 11.6 Å². The van der Waals surface area contributed by atoms with Gasteiger partial charge in [-0.2, -0.15) is 0 Å². The fourth-order valence-electron chi connectivity index (χ4n) is 3.12. The van der Waals surface area contributed by atoms with Gasteiger partial charge in [0, 0.05) is 5.69 Å². The number of hydrogen-bond acceptors (Lipinski definition) is 5. The largest absolute Gasteiger partial charge is 0.462 e. The quantitative estimate of drug-likeness (QED) is 0.585. The summed E-state index contributed by atoms with van der Waals surface area (Å²) < 4.78 is 31.3. The summed E-state index contributed by atoms with van der Waals surface area (Å²) in [7, 11) is -3.75. The third kappa shape index (κ3) is 5.98. The molecule has 0 aliphatic heterocycles. The number of aryl methyl sites for hydroxylation is 2. The van der Waals surface area contributed by atoms with E-state index in [-0.39, 0.29) is 23.6 Å². The zero-order valence-corrected chi connectivity index (χ0v) is 19.8. The van der Waals surface area contributed by atoms with Crippen molar-refractivity contribution in [3.8, 4) is 0 Å². The Morgan fingerprint density at radius 2 is 1.77 bits per heavy atom. The summed E-state index contributed by atoms with van der Waals surface area (Å²) in [5, 5.41) is 2.89. The summed E-state index contributed by atoms with van der Waals surface area (Å²) in [6, 6.07) is 8.68. The number of nitrogens with zero attached hydrogens (tertiary/aromatic N) is 1. The van der Waals surface area contributed by atoms with E-state index in [4.69, 9.17) is 16.3 Å². The van der Waals surface area contributed by atoms with E-state index >= 15 is 0 Å². The Bertz CT molecular complexity index is 1090. The molecule has 0 heterocycles. The van der Waals surface area contributed by atoms with Crippen LogP contribution in [0.25, 0.3) is 0 Å². The SMILES string of the molecule is CCOC(=O)c1cc(NC(=O)[C@H](CC)N(c2ccc(C)c(C)c2)S(C)(=O)=O)ccc1Cl. The molecule has 0 spiro atoms. The van der Waals surface area contributed by atoms with Gasteiger partial charge in [-0.1, -0.05) is 24.6 Å². The molecule has 0 radical (unpaired) electrons. The van der Waals surface area contributed by atoms with Gasteiger partial charge in [-0.15, -0.1) is 0 Å². The van der Waals surface area contributed by atoms with E-state index in [1.807, 2.05) is 19.9 Å². The molecule has 0 aliphatic rings. The van der Waals surface area contributed by atoms with Crippen LogP contribution in [0.3, 0.4) is 0 Å². The lowest BCUT2D eigenvalue weighted by molar-refractivity contribution is -0.117. The van der Waals surface area contributed by atoms with Gasteiger partial charge in [-0.05, 0) is 68.7 Å². The lowest BCUT2D eigenvalue weighted by Gasteiger charge is -2.30. The van der Waals surface area contributed by atoms with E-state index < -0.39 is 27.9 Å². The van der Waals surface area contributed by atoms with Gasteiger partial charge >= 0.3 is 5.97 Å². The standard InChI is InChI=1S/C22H27ClN2O5S/c1-6-20(25(31(5,28)29)17-10-8-14(3)15(4)12-17)21(26)24-16-9-11-19(23)18(13-16)22(27)30-7-2/h8-13,20H,6-7H2,1-5H3,(H,24,26)/t20-/m0/s1. The Kier molecular flexibility index (Phi) is 8.08. The number of nitrogens with one attached hydrogen (secondary N) is 1. The van der Waals surface area contributed by atoms with Crippen LogP contribution in [0.1, 0.15) is 41.8 Å². The Hall–Kier alpha value is -2.58. The van der Waals surface area contributed by atoms with E-state index in [9.17, 15) is 18.0 Å². The zero-order valence-electron chi connectivity index (χ0n) is 18.2. The van der Waals surface area contributed by atoms with E-state index in [1.165, 1.54) is 18.2 Å². The molecule has 0 saturated heterocycles. The maximum atomic E-state index is 13.1. The highest BCUT2D eigenvalue weighted by molar-refractivity contribution is 7.92. The monoisotopic (exact) mass is 466 g/mol. The summed E-state index contributed by atoms with van der Waals surface area (Å²) in [6.45, 7) is 7.40. The van der Waals surface area contributed by atoms with Gasteiger partial charge in [0.2, 0.25) is 15.9 Å². The van der Waals surface area contributed by atoms with Crippen LogP contribution < -0.4 is 9.62 Å². The smallest absolute Gasteiger partial charge is 0.339 e. The van der Waals surface area contributed by atoms with Crippen molar-refractivity contribution in [1.82, 2.24) is 0 Å². The topological polar surface area (TPSA) is 92.8 Å². The van der Waals surface area contributed by atoms with Crippen molar-refractivity contribution in [3.05, 3.63) is 58.1 Å². The molecule has 1 atom stereocenters. The van der Waals surface area contributed by atoms with Gasteiger partial charge in [0.1, 0.15) is 6.04 Å². The molecular weight excluding hydrogens is 440 g/mol. The highest BCUT2D eigenvalue weighted by Gasteiger charge is 2.32. The van der Waals surface area contributed by atoms with Crippen molar-refractivity contribution in [2.24, 2.45) is 0 Å². The summed E-state index contributed by atoms with van der Waals surface area (Å²) in [4.78, 5) is 25.2. The number of benzene rings is 2. The molecule has 0 unspecified atom stereocenters. The molecule has 0 fully saturated rings. The minimum Gasteiger partial charge on any atom is -0.462 e. The lowest BCUT2D eigenvalue weighted by atomic mass is 10.1. The predicted octanol–water partition coefficient (Wildman–Crippen LogP) is 4.32. The van der Waals surface area contributed by atoms with Gasteiger partial charge in [0.15, 0.2) is 0 Å². The zero-order chi connectivity index (χ0) is 23.3. The van der Waals surface area contributed by atoms with Crippen LogP contribution in [-0.4, -0.2) is 39.2 Å². The molecule has 0 aliphatic carbocycles. The molecule has 2 rings (SSSR count). The lowest BCUT2D eigenvalue weighted by Crippen LogP contribution is -2.47. The van der Waals surface area contributed by atoms with Gasteiger partial charge in [-0.25, -0.2) is 13.2 Å². The first-order valence-electron chi connectivity index (χ1n) is 9.83. The number of amides is 1. The minimum atomic E-state index is -3.75. The molecule has 0 aromatic heterocycles. The first-order chi connectivity index (χ1) is 14.5. The van der Waals surface area contributed by atoms with Gasteiger partial charge in [0.05, 0.1) is 29.1 Å². The number of carbonyl (C=O) groups is 2. The summed E-state index contributed by atoms with van der Waals surface area (Å²) in [6.07, 6.45) is 1.31. The van der Waals surface area contributed by atoms with Crippen LogP contribution in [0.2, 0.25) is 5.02 Å². The number of rotatable bonds is 8. The second-order valence-corrected chi connectivity index (χ2v) is 9.42. The number of sulfonamides is 1. The number of esters is 1.